The van der Waals surface area contributed by atoms with E-state index >= 15 is 0 Å². The topological polar surface area (TPSA) is 61.8 Å². The summed E-state index contributed by atoms with van der Waals surface area (Å²) >= 11 is 0. The third kappa shape index (κ3) is 5.27. The van der Waals surface area contributed by atoms with E-state index in [0.29, 0.717) is 0 Å². The standard InChI is InChI=1S/C15H23O5P/c1-4-18-15(16)14(12-13-10-8-7-9-11-13)21(17,19-5-2)20-6-3/h7-11,14H,4-6,12H2,1-3H3/t14-/m0/s1. The van der Waals surface area contributed by atoms with Crippen molar-refractivity contribution in [3.63, 3.8) is 0 Å². The van der Waals surface area contributed by atoms with E-state index in [4.69, 9.17) is 13.8 Å². The van der Waals surface area contributed by atoms with E-state index < -0.39 is 19.2 Å². The normalized spacial score (nSPS) is 12.9. The molecule has 0 aromatic heterocycles. The van der Waals surface area contributed by atoms with Gasteiger partial charge in [-0.1, -0.05) is 30.3 Å². The number of benzene rings is 1. The van der Waals surface area contributed by atoms with Crippen LogP contribution in [0.2, 0.25) is 0 Å². The molecule has 21 heavy (non-hydrogen) atoms. The van der Waals surface area contributed by atoms with Crippen LogP contribution in [0.4, 0.5) is 0 Å². The lowest BCUT2D eigenvalue weighted by Crippen LogP contribution is -2.28. The smallest absolute Gasteiger partial charge is 0.345 e. The minimum absolute atomic E-state index is 0.210. The molecule has 0 saturated heterocycles. The molecule has 6 heteroatoms. The van der Waals surface area contributed by atoms with Crippen molar-refractivity contribution in [1.82, 2.24) is 0 Å². The number of rotatable bonds is 9. The summed E-state index contributed by atoms with van der Waals surface area (Å²) in [6.07, 6.45) is 0.261. The summed E-state index contributed by atoms with van der Waals surface area (Å²) in [6, 6.07) is 9.35. The molecule has 0 fully saturated rings. The lowest BCUT2D eigenvalue weighted by atomic mass is 10.1. The highest BCUT2D eigenvalue weighted by molar-refractivity contribution is 7.55. The maximum absolute atomic E-state index is 12.9. The fourth-order valence-corrected chi connectivity index (χ4v) is 3.90. The highest BCUT2D eigenvalue weighted by atomic mass is 31.2. The molecular weight excluding hydrogens is 291 g/mol. The Morgan fingerprint density at radius 3 is 2.10 bits per heavy atom. The summed E-state index contributed by atoms with van der Waals surface area (Å²) in [6.45, 7) is 5.79. The SMILES string of the molecule is CCOC(=O)[C@H](Cc1ccccc1)P(=O)(OCC)OCC. The Balaban J connectivity index is 3.05. The summed E-state index contributed by atoms with van der Waals surface area (Å²) in [5, 5.41) is 0. The first-order chi connectivity index (χ1) is 10.1. The van der Waals surface area contributed by atoms with Crippen LogP contribution in [0, 0.1) is 0 Å². The van der Waals surface area contributed by atoms with E-state index in [1.165, 1.54) is 0 Å². The maximum atomic E-state index is 12.9. The predicted molar refractivity (Wildman–Crippen MR) is 81.4 cm³/mol. The van der Waals surface area contributed by atoms with Crippen molar-refractivity contribution in [2.24, 2.45) is 0 Å². The van der Waals surface area contributed by atoms with E-state index in [1.54, 1.807) is 20.8 Å². The third-order valence-corrected chi connectivity index (χ3v) is 5.22. The summed E-state index contributed by atoms with van der Waals surface area (Å²) in [5.41, 5.74) is -0.0602. The highest BCUT2D eigenvalue weighted by Gasteiger charge is 2.42. The lowest BCUT2D eigenvalue weighted by Gasteiger charge is -2.24. The van der Waals surface area contributed by atoms with E-state index in [-0.39, 0.29) is 26.2 Å². The van der Waals surface area contributed by atoms with E-state index in [2.05, 4.69) is 0 Å². The van der Waals surface area contributed by atoms with Gasteiger partial charge in [0, 0.05) is 0 Å². The molecule has 0 unspecified atom stereocenters. The molecule has 5 nitrogen and oxygen atoms in total. The van der Waals surface area contributed by atoms with Gasteiger partial charge in [-0.05, 0) is 32.8 Å². The molecule has 0 N–H and O–H groups in total. The zero-order chi connectivity index (χ0) is 15.7. The van der Waals surface area contributed by atoms with Crippen molar-refractivity contribution < 1.29 is 23.1 Å². The molecule has 0 spiro atoms. The first-order valence-electron chi connectivity index (χ1n) is 7.16. The van der Waals surface area contributed by atoms with Gasteiger partial charge < -0.3 is 13.8 Å². The van der Waals surface area contributed by atoms with E-state index in [0.717, 1.165) is 5.56 Å². The molecule has 0 heterocycles. The van der Waals surface area contributed by atoms with Crippen LogP contribution in [0.1, 0.15) is 26.3 Å². The molecule has 1 rings (SSSR count). The largest absolute Gasteiger partial charge is 0.465 e. The van der Waals surface area contributed by atoms with Crippen molar-refractivity contribution >= 4 is 13.6 Å². The molecule has 1 aromatic carbocycles. The van der Waals surface area contributed by atoms with Gasteiger partial charge in [-0.2, -0.15) is 0 Å². The second kappa shape index (κ2) is 8.98. The minimum Gasteiger partial charge on any atom is -0.465 e. The highest BCUT2D eigenvalue weighted by Crippen LogP contribution is 2.54. The van der Waals surface area contributed by atoms with E-state index in [1.807, 2.05) is 30.3 Å². The Hall–Kier alpha value is -1.16. The van der Waals surface area contributed by atoms with Crippen LogP contribution >= 0.6 is 7.60 Å². The second-order valence-electron chi connectivity index (χ2n) is 4.33. The van der Waals surface area contributed by atoms with Crippen LogP contribution in [0.5, 0.6) is 0 Å². The monoisotopic (exact) mass is 314 g/mol. The first-order valence-corrected chi connectivity index (χ1v) is 8.77. The maximum Gasteiger partial charge on any atom is 0.345 e. The lowest BCUT2D eigenvalue weighted by molar-refractivity contribution is -0.143. The molecular formula is C15H23O5P. The first kappa shape index (κ1) is 17.9. The van der Waals surface area contributed by atoms with Gasteiger partial charge in [0.2, 0.25) is 0 Å². The van der Waals surface area contributed by atoms with Gasteiger partial charge in [-0.3, -0.25) is 9.36 Å². The average Bonchev–Trinajstić information content (AvgIpc) is 2.46. The number of esters is 1. The second-order valence-corrected chi connectivity index (χ2v) is 6.55. The van der Waals surface area contributed by atoms with E-state index in [9.17, 15) is 9.36 Å². The fourth-order valence-electron chi connectivity index (χ4n) is 1.98. The van der Waals surface area contributed by atoms with Gasteiger partial charge in [-0.25, -0.2) is 0 Å². The number of carbonyl (C=O) groups is 1. The van der Waals surface area contributed by atoms with Gasteiger partial charge >= 0.3 is 13.6 Å². The zero-order valence-corrected chi connectivity index (χ0v) is 13.7. The number of hydrogen-bond donors (Lipinski definition) is 0. The predicted octanol–water partition coefficient (Wildman–Crippen LogP) is 3.43. The van der Waals surface area contributed by atoms with Crippen molar-refractivity contribution in [2.75, 3.05) is 19.8 Å². The van der Waals surface area contributed by atoms with Gasteiger partial charge in [0.15, 0.2) is 5.66 Å². The average molecular weight is 314 g/mol. The molecule has 1 atom stereocenters. The number of carbonyl (C=O) groups excluding carboxylic acids is 1. The molecule has 0 aliphatic heterocycles. The third-order valence-electron chi connectivity index (χ3n) is 2.83. The molecule has 0 radical (unpaired) electrons. The Labute approximate surface area is 126 Å². The Bertz CT molecular complexity index is 464. The Morgan fingerprint density at radius 1 is 1.05 bits per heavy atom. The molecule has 0 bridgehead atoms. The summed E-state index contributed by atoms with van der Waals surface area (Å²) in [4.78, 5) is 12.2. The van der Waals surface area contributed by atoms with Gasteiger partial charge in [-0.15, -0.1) is 0 Å². The van der Waals surface area contributed by atoms with Crippen molar-refractivity contribution in [3.8, 4) is 0 Å². The minimum atomic E-state index is -3.56. The Morgan fingerprint density at radius 2 is 1.62 bits per heavy atom. The van der Waals surface area contributed by atoms with Crippen molar-refractivity contribution in [3.05, 3.63) is 35.9 Å². The van der Waals surface area contributed by atoms with Gasteiger partial charge in [0.05, 0.1) is 19.8 Å². The molecule has 118 valence electrons. The van der Waals surface area contributed by atoms with Gasteiger partial charge in [0.1, 0.15) is 0 Å². The summed E-state index contributed by atoms with van der Waals surface area (Å²) in [7, 11) is -3.56. The molecule has 0 amide bonds. The van der Waals surface area contributed by atoms with Crippen LogP contribution in [-0.2, 0) is 29.6 Å². The van der Waals surface area contributed by atoms with Crippen LogP contribution in [0.3, 0.4) is 0 Å². The molecule has 0 aliphatic carbocycles. The summed E-state index contributed by atoms with van der Waals surface area (Å²) in [5.74, 6) is -0.549. The van der Waals surface area contributed by atoms with Crippen LogP contribution in [-0.4, -0.2) is 31.4 Å². The van der Waals surface area contributed by atoms with Crippen molar-refractivity contribution in [1.29, 1.82) is 0 Å². The van der Waals surface area contributed by atoms with Crippen LogP contribution in [0.25, 0.3) is 0 Å². The fraction of sp³-hybridized carbons (Fsp3) is 0.533. The van der Waals surface area contributed by atoms with Crippen molar-refractivity contribution in [2.45, 2.75) is 32.9 Å². The molecule has 1 aromatic rings. The zero-order valence-electron chi connectivity index (χ0n) is 12.8. The van der Waals surface area contributed by atoms with Crippen LogP contribution in [0.15, 0.2) is 30.3 Å². The van der Waals surface area contributed by atoms with Gasteiger partial charge in [0.25, 0.3) is 0 Å². The molecule has 0 saturated carbocycles. The summed E-state index contributed by atoms with van der Waals surface area (Å²) < 4.78 is 28.5. The molecule has 0 aliphatic rings. The Kier molecular flexibility index (Phi) is 7.65. The number of ether oxygens (including phenoxy) is 1. The quantitative estimate of drug-likeness (QED) is 0.516. The van der Waals surface area contributed by atoms with Crippen LogP contribution < -0.4 is 0 Å². The number of hydrogen-bond acceptors (Lipinski definition) is 5.